The van der Waals surface area contributed by atoms with Gasteiger partial charge in [-0.15, -0.1) is 0 Å². The monoisotopic (exact) mass is 296 g/mol. The third-order valence-electron chi connectivity index (χ3n) is 4.12. The summed E-state index contributed by atoms with van der Waals surface area (Å²) in [5.41, 5.74) is 0.800. The minimum absolute atomic E-state index is 0.345. The maximum Gasteiger partial charge on any atom is 0.241 e. The number of sulfonamides is 1. The van der Waals surface area contributed by atoms with Crippen LogP contribution in [-0.4, -0.2) is 27.0 Å². The van der Waals surface area contributed by atoms with E-state index in [1.807, 2.05) is 19.1 Å². The topological polar surface area (TPSA) is 58.2 Å². The average molecular weight is 296 g/mol. The third kappa shape index (κ3) is 3.40. The van der Waals surface area contributed by atoms with Gasteiger partial charge < -0.3 is 5.32 Å². The first kappa shape index (κ1) is 15.5. The van der Waals surface area contributed by atoms with Crippen LogP contribution in [0, 0.1) is 0 Å². The van der Waals surface area contributed by atoms with Gasteiger partial charge in [0, 0.05) is 12.1 Å². The normalized spacial score (nSPS) is 24.8. The summed E-state index contributed by atoms with van der Waals surface area (Å²) in [6.07, 6.45) is 1.87. The number of hydrogen-bond acceptors (Lipinski definition) is 3. The predicted molar refractivity (Wildman–Crippen MR) is 81.4 cm³/mol. The quantitative estimate of drug-likeness (QED) is 0.876. The summed E-state index contributed by atoms with van der Waals surface area (Å²) >= 11 is 0. The molecule has 1 aromatic rings. The van der Waals surface area contributed by atoms with Crippen molar-refractivity contribution in [1.82, 2.24) is 10.0 Å². The molecule has 0 saturated carbocycles. The first-order valence-electron chi connectivity index (χ1n) is 7.21. The lowest BCUT2D eigenvalue weighted by atomic mass is 9.99. The van der Waals surface area contributed by atoms with Crippen LogP contribution in [0.4, 0.5) is 0 Å². The van der Waals surface area contributed by atoms with Crippen LogP contribution >= 0.6 is 0 Å². The maximum atomic E-state index is 12.4. The number of benzene rings is 1. The second kappa shape index (κ2) is 5.84. The molecule has 1 aromatic carbocycles. The maximum absolute atomic E-state index is 12.4. The van der Waals surface area contributed by atoms with Gasteiger partial charge in [0.25, 0.3) is 0 Å². The molecule has 0 aromatic heterocycles. The molecule has 0 aliphatic carbocycles. The van der Waals surface area contributed by atoms with E-state index >= 15 is 0 Å². The zero-order valence-electron chi connectivity index (χ0n) is 12.4. The van der Waals surface area contributed by atoms with E-state index in [4.69, 9.17) is 0 Å². The molecule has 2 N–H and O–H groups in total. The van der Waals surface area contributed by atoms with Gasteiger partial charge in [0.05, 0.1) is 4.90 Å². The van der Waals surface area contributed by atoms with Crippen molar-refractivity contribution in [3.05, 3.63) is 29.8 Å². The van der Waals surface area contributed by atoms with Gasteiger partial charge in [0.1, 0.15) is 0 Å². The highest BCUT2D eigenvalue weighted by molar-refractivity contribution is 7.89. The smallest absolute Gasteiger partial charge is 0.241 e. The Kier molecular flexibility index (Phi) is 4.52. The summed E-state index contributed by atoms with van der Waals surface area (Å²) in [6.45, 7) is 7.75. The van der Waals surface area contributed by atoms with Crippen molar-refractivity contribution in [3.63, 3.8) is 0 Å². The molecule has 1 saturated heterocycles. The predicted octanol–water partition coefficient (Wildman–Crippen LogP) is 2.23. The Hall–Kier alpha value is -0.910. The van der Waals surface area contributed by atoms with Crippen LogP contribution in [0.5, 0.6) is 0 Å². The highest BCUT2D eigenvalue weighted by Gasteiger charge is 2.33. The molecule has 2 rings (SSSR count). The van der Waals surface area contributed by atoms with Gasteiger partial charge in [-0.1, -0.05) is 26.0 Å². The van der Waals surface area contributed by atoms with Gasteiger partial charge >= 0.3 is 0 Å². The Balaban J connectivity index is 2.17. The molecule has 112 valence electrons. The Bertz CT molecular complexity index is 546. The van der Waals surface area contributed by atoms with Crippen LogP contribution in [0.25, 0.3) is 0 Å². The molecule has 1 aliphatic rings. The molecule has 0 spiro atoms. The van der Waals surface area contributed by atoms with Crippen LogP contribution in [-0.2, 0) is 10.0 Å². The molecular weight excluding hydrogens is 272 g/mol. The molecule has 20 heavy (non-hydrogen) atoms. The summed E-state index contributed by atoms with van der Waals surface area (Å²) in [6, 6.07) is 7.24. The van der Waals surface area contributed by atoms with Gasteiger partial charge in [0.2, 0.25) is 10.0 Å². The van der Waals surface area contributed by atoms with Crippen LogP contribution in [0.15, 0.2) is 29.2 Å². The van der Waals surface area contributed by atoms with E-state index < -0.39 is 10.0 Å². The first-order valence-corrected chi connectivity index (χ1v) is 8.69. The van der Waals surface area contributed by atoms with E-state index in [9.17, 15) is 8.42 Å². The fourth-order valence-electron chi connectivity index (χ4n) is 2.50. The summed E-state index contributed by atoms with van der Waals surface area (Å²) < 4.78 is 27.6. The van der Waals surface area contributed by atoms with E-state index in [-0.39, 0.29) is 5.54 Å². The summed E-state index contributed by atoms with van der Waals surface area (Å²) in [5.74, 6) is 0.455. The van der Waals surface area contributed by atoms with Gasteiger partial charge in [-0.25, -0.2) is 13.1 Å². The lowest BCUT2D eigenvalue weighted by Crippen LogP contribution is -2.47. The highest BCUT2D eigenvalue weighted by atomic mass is 32.2. The molecule has 4 nitrogen and oxygen atoms in total. The van der Waals surface area contributed by atoms with E-state index in [2.05, 4.69) is 23.9 Å². The van der Waals surface area contributed by atoms with Crippen molar-refractivity contribution in [3.8, 4) is 0 Å². The number of rotatable bonds is 5. The third-order valence-corrected chi connectivity index (χ3v) is 5.78. The van der Waals surface area contributed by atoms with E-state index in [1.54, 1.807) is 12.1 Å². The highest BCUT2D eigenvalue weighted by Crippen LogP contribution is 2.22. The lowest BCUT2D eigenvalue weighted by molar-refractivity contribution is 0.452. The largest absolute Gasteiger partial charge is 0.315 e. The first-order chi connectivity index (χ1) is 9.36. The van der Waals surface area contributed by atoms with Gasteiger partial charge in [-0.3, -0.25) is 0 Å². The molecule has 5 heteroatoms. The van der Waals surface area contributed by atoms with Crippen LogP contribution < -0.4 is 10.0 Å². The SMILES string of the molecule is CCC(C)c1ccc(S(=O)(=O)NC2(C)CCNC2)cc1. The van der Waals surface area contributed by atoms with Gasteiger partial charge in [-0.2, -0.15) is 0 Å². The van der Waals surface area contributed by atoms with Crippen molar-refractivity contribution in [2.75, 3.05) is 13.1 Å². The van der Waals surface area contributed by atoms with Crippen molar-refractivity contribution in [2.24, 2.45) is 0 Å². The summed E-state index contributed by atoms with van der Waals surface area (Å²) in [5, 5.41) is 3.19. The Morgan fingerprint density at radius 3 is 2.50 bits per heavy atom. The molecule has 0 bridgehead atoms. The van der Waals surface area contributed by atoms with Crippen LogP contribution in [0.2, 0.25) is 0 Å². The molecule has 1 fully saturated rings. The molecule has 2 unspecified atom stereocenters. The van der Waals surface area contributed by atoms with Crippen molar-refractivity contribution < 1.29 is 8.42 Å². The Labute approximate surface area is 122 Å². The van der Waals surface area contributed by atoms with Crippen LogP contribution in [0.3, 0.4) is 0 Å². The zero-order valence-corrected chi connectivity index (χ0v) is 13.3. The van der Waals surface area contributed by atoms with E-state index in [1.165, 1.54) is 5.56 Å². The minimum atomic E-state index is -3.44. The van der Waals surface area contributed by atoms with Gasteiger partial charge in [0.15, 0.2) is 0 Å². The Morgan fingerprint density at radius 2 is 2.00 bits per heavy atom. The molecule has 1 aliphatic heterocycles. The lowest BCUT2D eigenvalue weighted by Gasteiger charge is -2.24. The fraction of sp³-hybridized carbons (Fsp3) is 0.600. The fourth-order valence-corrected chi connectivity index (χ4v) is 3.93. The van der Waals surface area contributed by atoms with Crippen molar-refractivity contribution >= 4 is 10.0 Å². The van der Waals surface area contributed by atoms with E-state index in [0.29, 0.717) is 17.4 Å². The van der Waals surface area contributed by atoms with Crippen molar-refractivity contribution in [1.29, 1.82) is 0 Å². The number of nitrogens with one attached hydrogen (secondary N) is 2. The molecule has 0 amide bonds. The Morgan fingerprint density at radius 1 is 1.35 bits per heavy atom. The second-order valence-corrected chi connectivity index (χ2v) is 7.65. The zero-order chi connectivity index (χ0) is 14.8. The van der Waals surface area contributed by atoms with Crippen molar-refractivity contribution in [2.45, 2.75) is 50.0 Å². The molecule has 2 atom stereocenters. The molecule has 0 radical (unpaired) electrons. The van der Waals surface area contributed by atoms with E-state index in [0.717, 1.165) is 19.4 Å². The summed E-state index contributed by atoms with van der Waals surface area (Å²) in [4.78, 5) is 0.345. The summed E-state index contributed by atoms with van der Waals surface area (Å²) in [7, 11) is -3.44. The number of hydrogen-bond donors (Lipinski definition) is 2. The second-order valence-electron chi connectivity index (χ2n) is 5.97. The molecular formula is C15H24N2O2S. The standard InChI is InChI=1S/C15H24N2O2S/c1-4-12(2)13-5-7-14(8-6-13)20(18,19)17-15(3)9-10-16-11-15/h5-8,12,16-17H,4,9-11H2,1-3H3. The molecule has 1 heterocycles. The minimum Gasteiger partial charge on any atom is -0.315 e. The van der Waals surface area contributed by atoms with Crippen LogP contribution in [0.1, 0.15) is 45.1 Å². The van der Waals surface area contributed by atoms with Gasteiger partial charge in [-0.05, 0) is 49.9 Å². The average Bonchev–Trinajstić information content (AvgIpc) is 2.83.